The molecule has 0 spiro atoms. The van der Waals surface area contributed by atoms with E-state index in [1.165, 1.54) is 16.8 Å². The normalized spacial score (nSPS) is 16.7. The minimum Gasteiger partial charge on any atom is -0.383 e. The van der Waals surface area contributed by atoms with E-state index in [9.17, 15) is 4.79 Å². The number of carbonyl (C=O) groups is 1. The quantitative estimate of drug-likeness (QED) is 0.680. The van der Waals surface area contributed by atoms with Gasteiger partial charge in [-0.15, -0.1) is 0 Å². The van der Waals surface area contributed by atoms with Crippen molar-refractivity contribution in [2.24, 2.45) is 5.92 Å². The minimum absolute atomic E-state index is 0.0804. The molecular formula is C24H34N4O2. The van der Waals surface area contributed by atoms with Crippen molar-refractivity contribution in [3.8, 4) is 0 Å². The Kier molecular flexibility index (Phi) is 6.54. The van der Waals surface area contributed by atoms with Crippen molar-refractivity contribution in [3.05, 3.63) is 52.3 Å². The van der Waals surface area contributed by atoms with Gasteiger partial charge >= 0.3 is 0 Å². The summed E-state index contributed by atoms with van der Waals surface area (Å²) in [4.78, 5) is 15.4. The van der Waals surface area contributed by atoms with Gasteiger partial charge in [0.15, 0.2) is 5.69 Å². The number of fused-ring (bicyclic) bond motifs is 2. The molecule has 0 bridgehead atoms. The number of hydrogen-bond donors (Lipinski definition) is 1. The fraction of sp³-hybridized carbons (Fsp3) is 0.583. The Bertz CT molecular complexity index is 864. The number of ether oxygens (including phenoxy) is 1. The summed E-state index contributed by atoms with van der Waals surface area (Å²) < 4.78 is 7.18. The SMILES string of the molecule is COCCNC(=O)c1nn(CCC(C)C)c2c1CN(C1Cc3ccccc3C1)CC2. The molecule has 4 rings (SSSR count). The second-order valence-corrected chi connectivity index (χ2v) is 8.98. The van der Waals surface area contributed by atoms with Crippen LogP contribution in [-0.2, 0) is 37.1 Å². The molecule has 1 aromatic carbocycles. The van der Waals surface area contributed by atoms with E-state index in [4.69, 9.17) is 9.84 Å². The van der Waals surface area contributed by atoms with Crippen LogP contribution in [0.2, 0.25) is 0 Å². The Morgan fingerprint density at radius 3 is 2.67 bits per heavy atom. The molecule has 1 aliphatic carbocycles. The summed E-state index contributed by atoms with van der Waals surface area (Å²) in [5, 5.41) is 7.75. The molecule has 1 amide bonds. The number of hydrogen-bond acceptors (Lipinski definition) is 4. The Labute approximate surface area is 179 Å². The second-order valence-electron chi connectivity index (χ2n) is 8.98. The van der Waals surface area contributed by atoms with Gasteiger partial charge in [-0.05, 0) is 36.3 Å². The molecule has 0 unspecified atom stereocenters. The molecule has 2 heterocycles. The van der Waals surface area contributed by atoms with Crippen LogP contribution in [0.5, 0.6) is 0 Å². The maximum absolute atomic E-state index is 12.9. The Morgan fingerprint density at radius 2 is 2.00 bits per heavy atom. The molecule has 162 valence electrons. The molecule has 0 saturated carbocycles. The fourth-order valence-electron chi connectivity index (χ4n) is 4.72. The first-order chi connectivity index (χ1) is 14.6. The molecule has 2 aromatic rings. The fourth-order valence-corrected chi connectivity index (χ4v) is 4.72. The highest BCUT2D eigenvalue weighted by Gasteiger charge is 2.33. The molecule has 1 N–H and O–H groups in total. The van der Waals surface area contributed by atoms with Crippen LogP contribution in [0.3, 0.4) is 0 Å². The van der Waals surface area contributed by atoms with Gasteiger partial charge in [-0.1, -0.05) is 38.1 Å². The van der Waals surface area contributed by atoms with E-state index in [-0.39, 0.29) is 5.91 Å². The van der Waals surface area contributed by atoms with Crippen molar-refractivity contribution in [1.82, 2.24) is 20.0 Å². The zero-order valence-corrected chi connectivity index (χ0v) is 18.5. The highest BCUT2D eigenvalue weighted by Crippen LogP contribution is 2.31. The average Bonchev–Trinajstić information content (AvgIpc) is 3.33. The molecule has 6 nitrogen and oxygen atoms in total. The van der Waals surface area contributed by atoms with Crippen molar-refractivity contribution in [2.45, 2.75) is 58.7 Å². The minimum atomic E-state index is -0.0804. The Morgan fingerprint density at radius 1 is 1.27 bits per heavy atom. The summed E-state index contributed by atoms with van der Waals surface area (Å²) in [6.07, 6.45) is 4.23. The summed E-state index contributed by atoms with van der Waals surface area (Å²) in [5.41, 5.74) is 5.91. The number of amides is 1. The number of rotatable bonds is 8. The zero-order valence-electron chi connectivity index (χ0n) is 18.5. The summed E-state index contributed by atoms with van der Waals surface area (Å²) in [6, 6.07) is 9.29. The lowest BCUT2D eigenvalue weighted by molar-refractivity contribution is 0.0928. The van der Waals surface area contributed by atoms with E-state index < -0.39 is 0 Å². The van der Waals surface area contributed by atoms with E-state index in [0.717, 1.165) is 50.9 Å². The topological polar surface area (TPSA) is 59.4 Å². The maximum atomic E-state index is 12.9. The summed E-state index contributed by atoms with van der Waals surface area (Å²) in [6.45, 7) is 8.19. The van der Waals surface area contributed by atoms with Crippen LogP contribution in [0.4, 0.5) is 0 Å². The Hall–Kier alpha value is -2.18. The zero-order chi connectivity index (χ0) is 21.1. The first-order valence-corrected chi connectivity index (χ1v) is 11.2. The lowest BCUT2D eigenvalue weighted by atomic mass is 10.0. The van der Waals surface area contributed by atoms with Crippen LogP contribution >= 0.6 is 0 Å². The lowest BCUT2D eigenvalue weighted by Gasteiger charge is -2.32. The highest BCUT2D eigenvalue weighted by atomic mass is 16.5. The first-order valence-electron chi connectivity index (χ1n) is 11.2. The summed E-state index contributed by atoms with van der Waals surface area (Å²) in [7, 11) is 1.64. The molecule has 6 heteroatoms. The molecule has 0 atom stereocenters. The van der Waals surface area contributed by atoms with E-state index in [0.29, 0.717) is 30.8 Å². The summed E-state index contributed by atoms with van der Waals surface area (Å²) in [5.74, 6) is 0.532. The largest absolute Gasteiger partial charge is 0.383 e. The molecule has 0 saturated heterocycles. The summed E-state index contributed by atoms with van der Waals surface area (Å²) >= 11 is 0. The molecule has 0 radical (unpaired) electrons. The monoisotopic (exact) mass is 410 g/mol. The van der Waals surface area contributed by atoms with Gasteiger partial charge in [-0.3, -0.25) is 14.4 Å². The van der Waals surface area contributed by atoms with Gasteiger partial charge in [0.05, 0.1) is 6.61 Å². The number of aryl methyl sites for hydroxylation is 1. The van der Waals surface area contributed by atoms with Crippen LogP contribution in [0.25, 0.3) is 0 Å². The molecule has 2 aliphatic rings. The van der Waals surface area contributed by atoms with Gasteiger partial charge in [-0.25, -0.2) is 0 Å². The van der Waals surface area contributed by atoms with Crippen molar-refractivity contribution in [3.63, 3.8) is 0 Å². The van der Waals surface area contributed by atoms with Crippen LogP contribution in [0, 0.1) is 5.92 Å². The van der Waals surface area contributed by atoms with Gasteiger partial charge in [0.1, 0.15) is 0 Å². The van der Waals surface area contributed by atoms with Crippen LogP contribution in [-0.4, -0.2) is 53.4 Å². The van der Waals surface area contributed by atoms with E-state index in [2.05, 4.69) is 53.0 Å². The predicted octanol–water partition coefficient (Wildman–Crippen LogP) is 2.83. The van der Waals surface area contributed by atoms with Crippen molar-refractivity contribution in [2.75, 3.05) is 26.8 Å². The number of methoxy groups -OCH3 is 1. The van der Waals surface area contributed by atoms with Crippen LogP contribution in [0.1, 0.15) is 53.1 Å². The van der Waals surface area contributed by atoms with Gasteiger partial charge in [-0.2, -0.15) is 5.10 Å². The lowest BCUT2D eigenvalue weighted by Crippen LogP contribution is -2.40. The van der Waals surface area contributed by atoms with E-state index >= 15 is 0 Å². The maximum Gasteiger partial charge on any atom is 0.272 e. The number of nitrogens with zero attached hydrogens (tertiary/aromatic N) is 3. The molecular weight excluding hydrogens is 376 g/mol. The van der Waals surface area contributed by atoms with Crippen molar-refractivity contribution < 1.29 is 9.53 Å². The first kappa shape index (κ1) is 21.1. The predicted molar refractivity (Wildman–Crippen MR) is 118 cm³/mol. The molecule has 0 fully saturated rings. The third-order valence-electron chi connectivity index (χ3n) is 6.43. The molecule has 30 heavy (non-hydrogen) atoms. The number of nitrogens with one attached hydrogen (secondary N) is 1. The van der Waals surface area contributed by atoms with E-state index in [1.807, 2.05) is 0 Å². The van der Waals surface area contributed by atoms with Crippen molar-refractivity contribution in [1.29, 1.82) is 0 Å². The molecule has 1 aliphatic heterocycles. The van der Waals surface area contributed by atoms with Crippen LogP contribution in [0.15, 0.2) is 24.3 Å². The third-order valence-corrected chi connectivity index (χ3v) is 6.43. The second kappa shape index (κ2) is 9.31. The van der Waals surface area contributed by atoms with Gasteiger partial charge in [0, 0.05) is 57.0 Å². The standard InChI is InChI=1S/C24H34N4O2/c1-17(2)8-12-28-22-9-11-27(20-14-18-6-4-5-7-19(18)15-20)16-21(22)23(26-28)24(29)25-10-13-30-3/h4-7,17,20H,8-16H2,1-3H3,(H,25,29). The number of carbonyl (C=O) groups excluding carboxylic acids is 1. The molecule has 1 aromatic heterocycles. The number of aromatic nitrogens is 2. The Balaban J connectivity index is 1.54. The van der Waals surface area contributed by atoms with Gasteiger partial charge in [0.25, 0.3) is 5.91 Å². The van der Waals surface area contributed by atoms with E-state index in [1.54, 1.807) is 7.11 Å². The van der Waals surface area contributed by atoms with Gasteiger partial charge in [0.2, 0.25) is 0 Å². The average molecular weight is 411 g/mol. The van der Waals surface area contributed by atoms with Crippen molar-refractivity contribution >= 4 is 5.91 Å². The highest BCUT2D eigenvalue weighted by molar-refractivity contribution is 5.94. The third kappa shape index (κ3) is 4.44. The van der Waals surface area contributed by atoms with Gasteiger partial charge < -0.3 is 10.1 Å². The smallest absolute Gasteiger partial charge is 0.272 e. The van der Waals surface area contributed by atoms with Crippen LogP contribution < -0.4 is 5.32 Å². The number of benzene rings is 1.